The second-order valence-corrected chi connectivity index (χ2v) is 4.48. The third-order valence-corrected chi connectivity index (χ3v) is 2.91. The fraction of sp³-hybridized carbons (Fsp3) is 0.583. The van der Waals surface area contributed by atoms with Gasteiger partial charge in [-0.1, -0.05) is 11.6 Å². The third-order valence-electron chi connectivity index (χ3n) is 2.62. The number of rotatable bonds is 7. The lowest BCUT2D eigenvalue weighted by Crippen LogP contribution is -2.22. The number of aromatic nitrogens is 2. The van der Waals surface area contributed by atoms with Crippen LogP contribution < -0.4 is 4.90 Å². The number of halogens is 1. The Balaban J connectivity index is 2.77. The van der Waals surface area contributed by atoms with Gasteiger partial charge in [-0.25, -0.2) is 9.97 Å². The molecule has 1 heterocycles. The van der Waals surface area contributed by atoms with Crippen molar-refractivity contribution in [2.45, 2.75) is 26.2 Å². The number of aryl methyl sites for hydroxylation is 1. The molecule has 18 heavy (non-hydrogen) atoms. The molecule has 0 saturated carbocycles. The van der Waals surface area contributed by atoms with Crippen molar-refractivity contribution in [3.05, 3.63) is 16.5 Å². The van der Waals surface area contributed by atoms with Crippen molar-refractivity contribution >= 4 is 23.7 Å². The SMILES string of the molecule is Cc1nc(Cl)c(C=O)c(N(C)CCCCCO)n1. The quantitative estimate of drug-likeness (QED) is 0.466. The minimum absolute atomic E-state index is 0.190. The van der Waals surface area contributed by atoms with Crippen LogP contribution in [-0.2, 0) is 0 Å². The highest BCUT2D eigenvalue weighted by molar-refractivity contribution is 6.32. The van der Waals surface area contributed by atoms with Crippen LogP contribution in [0.15, 0.2) is 0 Å². The molecule has 0 bridgehead atoms. The summed E-state index contributed by atoms with van der Waals surface area (Å²) < 4.78 is 0. The Morgan fingerprint density at radius 3 is 2.67 bits per heavy atom. The van der Waals surface area contributed by atoms with Gasteiger partial charge in [0.2, 0.25) is 0 Å². The Labute approximate surface area is 112 Å². The van der Waals surface area contributed by atoms with Gasteiger partial charge in [-0.2, -0.15) is 0 Å². The van der Waals surface area contributed by atoms with Crippen LogP contribution in [0.4, 0.5) is 5.82 Å². The van der Waals surface area contributed by atoms with Gasteiger partial charge in [0.05, 0.1) is 5.56 Å². The summed E-state index contributed by atoms with van der Waals surface area (Å²) in [6.45, 7) is 2.71. The molecule has 0 aliphatic heterocycles. The summed E-state index contributed by atoms with van der Waals surface area (Å²) >= 11 is 5.92. The highest BCUT2D eigenvalue weighted by Gasteiger charge is 2.14. The molecule has 1 rings (SSSR count). The highest BCUT2D eigenvalue weighted by atomic mass is 35.5. The molecule has 100 valence electrons. The fourth-order valence-electron chi connectivity index (χ4n) is 1.67. The van der Waals surface area contributed by atoms with Gasteiger partial charge in [-0.3, -0.25) is 4.79 Å². The van der Waals surface area contributed by atoms with E-state index in [-0.39, 0.29) is 11.8 Å². The van der Waals surface area contributed by atoms with Crippen molar-refractivity contribution in [1.82, 2.24) is 9.97 Å². The van der Waals surface area contributed by atoms with Crippen LogP contribution in [0.2, 0.25) is 5.15 Å². The van der Waals surface area contributed by atoms with Gasteiger partial charge >= 0.3 is 0 Å². The Morgan fingerprint density at radius 1 is 1.33 bits per heavy atom. The van der Waals surface area contributed by atoms with Crippen LogP contribution in [-0.4, -0.2) is 41.6 Å². The molecule has 0 amide bonds. The minimum atomic E-state index is 0.190. The molecule has 0 unspecified atom stereocenters. The van der Waals surface area contributed by atoms with E-state index in [1.807, 2.05) is 11.9 Å². The largest absolute Gasteiger partial charge is 0.396 e. The van der Waals surface area contributed by atoms with Crippen molar-refractivity contribution in [3.63, 3.8) is 0 Å². The maximum atomic E-state index is 11.0. The summed E-state index contributed by atoms with van der Waals surface area (Å²) in [4.78, 5) is 21.1. The molecule has 0 aromatic carbocycles. The van der Waals surface area contributed by atoms with Gasteiger partial charge in [-0.05, 0) is 26.2 Å². The van der Waals surface area contributed by atoms with Gasteiger partial charge in [0.25, 0.3) is 0 Å². The van der Waals surface area contributed by atoms with Crippen molar-refractivity contribution in [3.8, 4) is 0 Å². The van der Waals surface area contributed by atoms with E-state index in [2.05, 4.69) is 9.97 Å². The third kappa shape index (κ3) is 3.92. The van der Waals surface area contributed by atoms with Crippen LogP contribution in [0.25, 0.3) is 0 Å². The molecule has 6 heteroatoms. The molecule has 0 fully saturated rings. The topological polar surface area (TPSA) is 66.3 Å². The lowest BCUT2D eigenvalue weighted by Gasteiger charge is -2.20. The lowest BCUT2D eigenvalue weighted by molar-refractivity contribution is 0.112. The fourth-order valence-corrected chi connectivity index (χ4v) is 1.92. The molecule has 0 aliphatic rings. The van der Waals surface area contributed by atoms with Gasteiger partial charge in [0.15, 0.2) is 6.29 Å². The van der Waals surface area contributed by atoms with Crippen molar-refractivity contribution < 1.29 is 9.90 Å². The highest BCUT2D eigenvalue weighted by Crippen LogP contribution is 2.22. The zero-order chi connectivity index (χ0) is 13.5. The molecule has 0 atom stereocenters. The first-order chi connectivity index (χ1) is 8.60. The number of unbranched alkanes of at least 4 members (excludes halogenated alkanes) is 2. The van der Waals surface area contributed by atoms with Crippen molar-refractivity contribution in [1.29, 1.82) is 0 Å². The summed E-state index contributed by atoms with van der Waals surface area (Å²) in [5, 5.41) is 8.90. The molecule has 1 aromatic heterocycles. The number of hydrogen-bond donors (Lipinski definition) is 1. The van der Waals surface area contributed by atoms with Crippen LogP contribution in [0.1, 0.15) is 35.4 Å². The van der Waals surface area contributed by atoms with Crippen LogP contribution >= 0.6 is 11.6 Å². The predicted molar refractivity (Wildman–Crippen MR) is 71.4 cm³/mol. The standard InChI is InChI=1S/C12H18ClN3O2/c1-9-14-11(13)10(8-18)12(15-9)16(2)6-4-3-5-7-17/h8,17H,3-7H2,1-2H3. The molecule has 0 aliphatic carbocycles. The molecule has 1 N–H and O–H groups in total. The van der Waals surface area contributed by atoms with Crippen LogP contribution in [0, 0.1) is 6.92 Å². The van der Waals surface area contributed by atoms with E-state index in [4.69, 9.17) is 16.7 Å². The van der Waals surface area contributed by atoms with E-state index in [9.17, 15) is 4.79 Å². The number of hydrogen-bond acceptors (Lipinski definition) is 5. The molecule has 0 saturated heterocycles. The summed E-state index contributed by atoms with van der Waals surface area (Å²) in [6, 6.07) is 0. The van der Waals surface area contributed by atoms with Gasteiger partial charge in [0.1, 0.15) is 16.8 Å². The van der Waals surface area contributed by atoms with E-state index in [0.717, 1.165) is 25.8 Å². The number of anilines is 1. The summed E-state index contributed by atoms with van der Waals surface area (Å²) in [6.07, 6.45) is 3.34. The van der Waals surface area contributed by atoms with Gasteiger partial charge in [0, 0.05) is 20.2 Å². The number of aliphatic hydroxyl groups is 1. The Bertz CT molecular complexity index is 413. The van der Waals surface area contributed by atoms with E-state index in [1.165, 1.54) is 0 Å². The monoisotopic (exact) mass is 271 g/mol. The molecular formula is C12H18ClN3O2. The number of aliphatic hydroxyl groups excluding tert-OH is 1. The van der Waals surface area contributed by atoms with E-state index < -0.39 is 0 Å². The average Bonchev–Trinajstić information content (AvgIpc) is 2.33. The maximum absolute atomic E-state index is 11.0. The number of nitrogens with zero attached hydrogens (tertiary/aromatic N) is 3. The summed E-state index contributed by atoms with van der Waals surface area (Å²) in [5.74, 6) is 1.11. The smallest absolute Gasteiger partial charge is 0.156 e. The average molecular weight is 272 g/mol. The molecule has 1 aromatic rings. The normalized spacial score (nSPS) is 10.4. The Kier molecular flexibility index (Phi) is 6.01. The molecular weight excluding hydrogens is 254 g/mol. The number of carbonyl (C=O) groups excluding carboxylic acids is 1. The Hall–Kier alpha value is -1.20. The number of carbonyl (C=O) groups is 1. The summed E-state index contributed by atoms with van der Waals surface area (Å²) in [5.41, 5.74) is 0.326. The Morgan fingerprint density at radius 2 is 2.06 bits per heavy atom. The van der Waals surface area contributed by atoms with Crippen molar-refractivity contribution in [2.75, 3.05) is 25.1 Å². The van der Waals surface area contributed by atoms with Crippen molar-refractivity contribution in [2.24, 2.45) is 0 Å². The first-order valence-corrected chi connectivity index (χ1v) is 6.29. The summed E-state index contributed by atoms with van der Waals surface area (Å²) in [7, 11) is 1.87. The number of aldehydes is 1. The second-order valence-electron chi connectivity index (χ2n) is 4.12. The van der Waals surface area contributed by atoms with Crippen LogP contribution in [0.5, 0.6) is 0 Å². The van der Waals surface area contributed by atoms with E-state index in [1.54, 1.807) is 6.92 Å². The molecule has 0 spiro atoms. The van der Waals surface area contributed by atoms with E-state index in [0.29, 0.717) is 23.5 Å². The first-order valence-electron chi connectivity index (χ1n) is 5.91. The zero-order valence-corrected chi connectivity index (χ0v) is 11.4. The first kappa shape index (κ1) is 14.9. The molecule has 0 radical (unpaired) electrons. The maximum Gasteiger partial charge on any atom is 0.156 e. The second kappa shape index (κ2) is 7.28. The van der Waals surface area contributed by atoms with Crippen LogP contribution in [0.3, 0.4) is 0 Å². The van der Waals surface area contributed by atoms with Gasteiger partial charge in [-0.15, -0.1) is 0 Å². The van der Waals surface area contributed by atoms with Gasteiger partial charge < -0.3 is 10.0 Å². The lowest BCUT2D eigenvalue weighted by atomic mass is 10.2. The predicted octanol–water partition coefficient (Wildman–Crippen LogP) is 1.85. The zero-order valence-electron chi connectivity index (χ0n) is 10.7. The van der Waals surface area contributed by atoms with E-state index >= 15 is 0 Å². The minimum Gasteiger partial charge on any atom is -0.396 e. The molecule has 5 nitrogen and oxygen atoms in total.